The summed E-state index contributed by atoms with van der Waals surface area (Å²) in [6.45, 7) is 5.27. The zero-order chi connectivity index (χ0) is 21.6. The molecule has 1 unspecified atom stereocenters. The van der Waals surface area contributed by atoms with E-state index in [4.69, 9.17) is 4.52 Å². The van der Waals surface area contributed by atoms with Crippen molar-refractivity contribution in [2.45, 2.75) is 33.0 Å². The molecule has 4 aromatic rings. The van der Waals surface area contributed by atoms with E-state index in [0.717, 1.165) is 6.07 Å². The number of alkyl halides is 3. The van der Waals surface area contributed by atoms with E-state index in [2.05, 4.69) is 30.6 Å². The monoisotopic (exact) mass is 418 g/mol. The quantitative estimate of drug-likeness (QED) is 0.463. The van der Waals surface area contributed by atoms with E-state index >= 15 is 0 Å². The zero-order valence-electron chi connectivity index (χ0n) is 16.2. The van der Waals surface area contributed by atoms with Crippen LogP contribution in [0.4, 0.5) is 13.2 Å². The fraction of sp³-hybridized carbons (Fsp3) is 0.263. The first-order chi connectivity index (χ1) is 14.1. The standard InChI is InChI=1S/C19H17F3N6O2/c1-8-6-13(28-30-8)10(3)24-18(29)15-9(2)12(7-23-15)16-11-4-5-14(19(20,21)22)25-17(11)27-26-16/h4-7,10,23H,1-3H3,(H,24,29)(H,25,26,27). The van der Waals surface area contributed by atoms with Gasteiger partial charge in [-0.2, -0.15) is 18.3 Å². The molecule has 4 heterocycles. The van der Waals surface area contributed by atoms with E-state index in [-0.39, 0.29) is 17.6 Å². The minimum absolute atomic E-state index is 0.0542. The summed E-state index contributed by atoms with van der Waals surface area (Å²) in [6.07, 6.45) is -2.96. The molecule has 1 atom stereocenters. The van der Waals surface area contributed by atoms with Gasteiger partial charge in [0, 0.05) is 23.2 Å². The van der Waals surface area contributed by atoms with Gasteiger partial charge in [0.2, 0.25) is 0 Å². The number of pyridine rings is 1. The fourth-order valence-electron chi connectivity index (χ4n) is 3.18. The lowest BCUT2D eigenvalue weighted by atomic mass is 10.1. The van der Waals surface area contributed by atoms with Gasteiger partial charge in [-0.1, -0.05) is 5.16 Å². The van der Waals surface area contributed by atoms with Gasteiger partial charge in [-0.3, -0.25) is 9.89 Å². The Hall–Kier alpha value is -3.63. The third-order valence-electron chi connectivity index (χ3n) is 4.78. The molecule has 156 valence electrons. The van der Waals surface area contributed by atoms with Crippen LogP contribution in [0, 0.1) is 13.8 Å². The van der Waals surface area contributed by atoms with Crippen LogP contribution in [-0.4, -0.2) is 31.2 Å². The van der Waals surface area contributed by atoms with Crippen LogP contribution in [0.25, 0.3) is 22.3 Å². The Morgan fingerprint density at radius 2 is 2.03 bits per heavy atom. The number of H-pyrrole nitrogens is 2. The molecule has 0 aliphatic carbocycles. The van der Waals surface area contributed by atoms with Crippen LogP contribution in [0.5, 0.6) is 0 Å². The zero-order valence-corrected chi connectivity index (χ0v) is 16.2. The Kier molecular flexibility index (Phi) is 4.60. The number of aromatic amines is 2. The molecule has 0 radical (unpaired) electrons. The van der Waals surface area contributed by atoms with Crippen molar-refractivity contribution in [3.05, 3.63) is 52.8 Å². The molecule has 1 amide bonds. The summed E-state index contributed by atoms with van der Waals surface area (Å²) >= 11 is 0. The molecule has 0 saturated heterocycles. The van der Waals surface area contributed by atoms with E-state index in [1.807, 2.05) is 0 Å². The summed E-state index contributed by atoms with van der Waals surface area (Å²) in [4.78, 5) is 19.2. The Bertz CT molecular complexity index is 1240. The maximum atomic E-state index is 12.9. The van der Waals surface area contributed by atoms with Crippen molar-refractivity contribution in [3.63, 3.8) is 0 Å². The summed E-state index contributed by atoms with van der Waals surface area (Å²) in [6, 6.07) is 3.57. The fourth-order valence-corrected chi connectivity index (χ4v) is 3.18. The first kappa shape index (κ1) is 19.7. The predicted molar refractivity (Wildman–Crippen MR) is 101 cm³/mol. The van der Waals surface area contributed by atoms with E-state index in [0.29, 0.717) is 39.4 Å². The summed E-state index contributed by atoms with van der Waals surface area (Å²) in [7, 11) is 0. The number of halogens is 3. The average molecular weight is 418 g/mol. The van der Waals surface area contributed by atoms with Gasteiger partial charge in [0.1, 0.15) is 22.8 Å². The average Bonchev–Trinajstić information content (AvgIpc) is 3.38. The number of fused-ring (bicyclic) bond motifs is 1. The summed E-state index contributed by atoms with van der Waals surface area (Å²) in [5.41, 5.74) is 1.53. The molecule has 30 heavy (non-hydrogen) atoms. The minimum atomic E-state index is -4.55. The molecule has 0 fully saturated rings. The van der Waals surface area contributed by atoms with Crippen LogP contribution >= 0.6 is 0 Å². The maximum absolute atomic E-state index is 12.9. The van der Waals surface area contributed by atoms with Gasteiger partial charge in [0.25, 0.3) is 5.91 Å². The van der Waals surface area contributed by atoms with Gasteiger partial charge in [0.15, 0.2) is 5.65 Å². The van der Waals surface area contributed by atoms with Crippen molar-refractivity contribution in [2.24, 2.45) is 0 Å². The first-order valence-electron chi connectivity index (χ1n) is 9.00. The molecule has 4 rings (SSSR count). The molecule has 3 N–H and O–H groups in total. The van der Waals surface area contributed by atoms with Crippen LogP contribution in [0.15, 0.2) is 28.9 Å². The van der Waals surface area contributed by atoms with Crippen LogP contribution in [0.3, 0.4) is 0 Å². The molecule has 0 aliphatic heterocycles. The first-order valence-corrected chi connectivity index (χ1v) is 9.00. The highest BCUT2D eigenvalue weighted by Gasteiger charge is 2.33. The molecule has 0 aliphatic rings. The lowest BCUT2D eigenvalue weighted by molar-refractivity contribution is -0.141. The number of carbonyl (C=O) groups is 1. The van der Waals surface area contributed by atoms with E-state index < -0.39 is 11.9 Å². The summed E-state index contributed by atoms with van der Waals surface area (Å²) in [5, 5.41) is 13.7. The second-order valence-corrected chi connectivity index (χ2v) is 6.92. The number of aryl methyl sites for hydroxylation is 1. The van der Waals surface area contributed by atoms with Crippen molar-refractivity contribution in [1.29, 1.82) is 0 Å². The third-order valence-corrected chi connectivity index (χ3v) is 4.78. The largest absolute Gasteiger partial charge is 0.433 e. The van der Waals surface area contributed by atoms with Crippen LogP contribution in [0.1, 0.15) is 46.2 Å². The predicted octanol–water partition coefficient (Wildman–Crippen LogP) is 4.07. The lowest BCUT2D eigenvalue weighted by Gasteiger charge is -2.10. The van der Waals surface area contributed by atoms with Gasteiger partial charge in [-0.25, -0.2) is 4.98 Å². The Morgan fingerprint density at radius 3 is 2.70 bits per heavy atom. The van der Waals surface area contributed by atoms with Crippen LogP contribution < -0.4 is 5.32 Å². The number of nitrogens with zero attached hydrogens (tertiary/aromatic N) is 3. The smallest absolute Gasteiger partial charge is 0.361 e. The molecular formula is C19H17F3N6O2. The highest BCUT2D eigenvalue weighted by atomic mass is 19.4. The van der Waals surface area contributed by atoms with Gasteiger partial charge < -0.3 is 14.8 Å². The Morgan fingerprint density at radius 1 is 1.27 bits per heavy atom. The molecule has 0 saturated carbocycles. The highest BCUT2D eigenvalue weighted by molar-refractivity contribution is 5.98. The Labute approximate surface area is 167 Å². The van der Waals surface area contributed by atoms with Crippen LogP contribution in [0.2, 0.25) is 0 Å². The minimum Gasteiger partial charge on any atom is -0.361 e. The van der Waals surface area contributed by atoms with Crippen molar-refractivity contribution in [2.75, 3.05) is 0 Å². The number of carbonyl (C=O) groups excluding carboxylic acids is 1. The molecular weight excluding hydrogens is 401 g/mol. The van der Waals surface area contributed by atoms with Crippen molar-refractivity contribution in [1.82, 2.24) is 30.6 Å². The number of hydrogen-bond donors (Lipinski definition) is 3. The van der Waals surface area contributed by atoms with Crippen molar-refractivity contribution in [3.8, 4) is 11.3 Å². The second kappa shape index (κ2) is 7.01. The number of hydrogen-bond acceptors (Lipinski definition) is 5. The van der Waals surface area contributed by atoms with Gasteiger partial charge in [-0.15, -0.1) is 0 Å². The third kappa shape index (κ3) is 3.42. The molecule has 11 heteroatoms. The van der Waals surface area contributed by atoms with Crippen molar-refractivity contribution >= 4 is 16.9 Å². The topological polar surface area (TPSA) is 112 Å². The van der Waals surface area contributed by atoms with E-state index in [1.54, 1.807) is 33.0 Å². The molecule has 0 spiro atoms. The SMILES string of the molecule is Cc1cc(C(C)NC(=O)c2[nH]cc(-c3[nH]nc4nc(C(F)(F)F)ccc34)c2C)no1. The second-order valence-electron chi connectivity index (χ2n) is 6.92. The summed E-state index contributed by atoms with van der Waals surface area (Å²) < 4.78 is 43.6. The van der Waals surface area contributed by atoms with Gasteiger partial charge in [0.05, 0.1) is 11.7 Å². The maximum Gasteiger partial charge on any atom is 0.433 e. The lowest BCUT2D eigenvalue weighted by Crippen LogP contribution is -2.27. The number of amides is 1. The van der Waals surface area contributed by atoms with Crippen LogP contribution in [-0.2, 0) is 6.18 Å². The van der Waals surface area contributed by atoms with Gasteiger partial charge >= 0.3 is 6.18 Å². The molecule has 8 nitrogen and oxygen atoms in total. The number of rotatable bonds is 4. The summed E-state index contributed by atoms with van der Waals surface area (Å²) in [5.74, 6) is 0.283. The molecule has 0 aromatic carbocycles. The Balaban J connectivity index is 1.62. The molecule has 4 aromatic heterocycles. The normalized spacial score (nSPS) is 13.0. The van der Waals surface area contributed by atoms with E-state index in [1.165, 1.54) is 6.07 Å². The van der Waals surface area contributed by atoms with Gasteiger partial charge in [-0.05, 0) is 38.5 Å². The number of nitrogens with one attached hydrogen (secondary N) is 3. The highest BCUT2D eigenvalue weighted by Crippen LogP contribution is 2.33. The van der Waals surface area contributed by atoms with E-state index in [9.17, 15) is 18.0 Å². The van der Waals surface area contributed by atoms with Crippen molar-refractivity contribution < 1.29 is 22.5 Å². The molecule has 0 bridgehead atoms. The number of aromatic nitrogens is 5.